The Kier molecular flexibility index (Phi) is 7.86. The normalized spacial score (nSPS) is 10.3. The summed E-state index contributed by atoms with van der Waals surface area (Å²) in [6.45, 7) is 1.90. The van der Waals surface area contributed by atoms with E-state index in [1.165, 1.54) is 11.9 Å². The SMILES string of the molecule is COc1cc(OC)c(NCSNc2ccc(NC(=O)c3ccccc3C)nc2)cc1Cl. The number of nitrogens with zero attached hydrogens (tertiary/aromatic N) is 1. The van der Waals surface area contributed by atoms with Crippen molar-refractivity contribution in [2.24, 2.45) is 0 Å². The summed E-state index contributed by atoms with van der Waals surface area (Å²) in [5.41, 5.74) is 3.11. The van der Waals surface area contributed by atoms with E-state index < -0.39 is 0 Å². The van der Waals surface area contributed by atoms with Crippen LogP contribution in [0.4, 0.5) is 17.2 Å². The number of carbonyl (C=O) groups excluding carboxylic acids is 1. The molecule has 0 fully saturated rings. The van der Waals surface area contributed by atoms with Crippen LogP contribution in [-0.4, -0.2) is 31.0 Å². The molecule has 1 aromatic heterocycles. The van der Waals surface area contributed by atoms with Gasteiger partial charge in [0.1, 0.15) is 17.3 Å². The average Bonchev–Trinajstić information content (AvgIpc) is 2.78. The van der Waals surface area contributed by atoms with Crippen molar-refractivity contribution in [3.05, 3.63) is 70.9 Å². The molecular formula is C22H23ClN4O3S. The molecule has 0 bridgehead atoms. The zero-order chi connectivity index (χ0) is 22.2. The van der Waals surface area contributed by atoms with E-state index in [2.05, 4.69) is 20.3 Å². The van der Waals surface area contributed by atoms with Gasteiger partial charge in [-0.2, -0.15) is 0 Å². The molecule has 0 saturated heterocycles. The van der Waals surface area contributed by atoms with Gasteiger partial charge in [0.15, 0.2) is 0 Å². The fourth-order valence-corrected chi connectivity index (χ4v) is 3.60. The third-order valence-corrected chi connectivity index (χ3v) is 5.36. The van der Waals surface area contributed by atoms with Crippen LogP contribution >= 0.6 is 23.5 Å². The molecule has 162 valence electrons. The van der Waals surface area contributed by atoms with Crippen molar-refractivity contribution in [3.63, 3.8) is 0 Å². The highest BCUT2D eigenvalue weighted by atomic mass is 35.5. The van der Waals surface area contributed by atoms with Crippen LogP contribution < -0.4 is 24.8 Å². The number of amides is 1. The Morgan fingerprint density at radius 3 is 2.55 bits per heavy atom. The predicted molar refractivity (Wildman–Crippen MR) is 128 cm³/mol. The van der Waals surface area contributed by atoms with Gasteiger partial charge in [-0.05, 0) is 48.7 Å². The molecule has 7 nitrogen and oxygen atoms in total. The molecule has 1 heterocycles. The molecule has 0 unspecified atom stereocenters. The number of carbonyl (C=O) groups is 1. The number of pyridine rings is 1. The second-order valence-corrected chi connectivity index (χ2v) is 7.64. The van der Waals surface area contributed by atoms with E-state index in [4.69, 9.17) is 21.1 Å². The third-order valence-electron chi connectivity index (χ3n) is 4.39. The van der Waals surface area contributed by atoms with Gasteiger partial charge in [0, 0.05) is 11.6 Å². The summed E-state index contributed by atoms with van der Waals surface area (Å²) in [6.07, 6.45) is 1.66. The molecule has 2 aromatic carbocycles. The van der Waals surface area contributed by atoms with Crippen molar-refractivity contribution >= 4 is 46.6 Å². The van der Waals surface area contributed by atoms with Crippen molar-refractivity contribution in [1.29, 1.82) is 0 Å². The second kappa shape index (κ2) is 10.8. The molecular weight excluding hydrogens is 436 g/mol. The van der Waals surface area contributed by atoms with Crippen LogP contribution in [0, 0.1) is 6.92 Å². The van der Waals surface area contributed by atoms with E-state index in [0.717, 1.165) is 16.9 Å². The minimum Gasteiger partial charge on any atom is -0.495 e. The van der Waals surface area contributed by atoms with Gasteiger partial charge < -0.3 is 24.8 Å². The lowest BCUT2D eigenvalue weighted by Crippen LogP contribution is -2.14. The van der Waals surface area contributed by atoms with Crippen LogP contribution in [0.3, 0.4) is 0 Å². The van der Waals surface area contributed by atoms with Crippen molar-refractivity contribution in [2.45, 2.75) is 6.92 Å². The fraction of sp³-hybridized carbons (Fsp3) is 0.182. The molecule has 1 amide bonds. The fourth-order valence-electron chi connectivity index (χ4n) is 2.77. The Morgan fingerprint density at radius 2 is 1.87 bits per heavy atom. The molecule has 3 rings (SSSR count). The van der Waals surface area contributed by atoms with Crippen LogP contribution in [0.1, 0.15) is 15.9 Å². The summed E-state index contributed by atoms with van der Waals surface area (Å²) >= 11 is 7.62. The van der Waals surface area contributed by atoms with Gasteiger partial charge in [0.2, 0.25) is 0 Å². The number of rotatable bonds is 9. The molecule has 0 atom stereocenters. The van der Waals surface area contributed by atoms with E-state index in [0.29, 0.717) is 33.8 Å². The quantitative estimate of drug-likeness (QED) is 0.223. The number of anilines is 3. The molecule has 0 aliphatic rings. The summed E-state index contributed by atoms with van der Waals surface area (Å²) < 4.78 is 13.8. The lowest BCUT2D eigenvalue weighted by Gasteiger charge is -2.14. The van der Waals surface area contributed by atoms with Crippen molar-refractivity contribution in [2.75, 3.05) is 35.5 Å². The number of nitrogens with one attached hydrogen (secondary N) is 3. The zero-order valence-corrected chi connectivity index (χ0v) is 18.9. The molecule has 0 aliphatic heterocycles. The lowest BCUT2D eigenvalue weighted by atomic mass is 10.1. The molecule has 0 radical (unpaired) electrons. The highest BCUT2D eigenvalue weighted by Crippen LogP contribution is 2.36. The van der Waals surface area contributed by atoms with Gasteiger partial charge in [-0.1, -0.05) is 29.8 Å². The Hall–Kier alpha value is -3.10. The largest absolute Gasteiger partial charge is 0.495 e. The van der Waals surface area contributed by atoms with Gasteiger partial charge in [0.25, 0.3) is 5.91 Å². The number of halogens is 1. The van der Waals surface area contributed by atoms with Crippen molar-refractivity contribution in [3.8, 4) is 11.5 Å². The summed E-state index contributed by atoms with van der Waals surface area (Å²) in [6, 6.07) is 14.5. The number of aromatic nitrogens is 1. The smallest absolute Gasteiger partial charge is 0.257 e. The molecule has 9 heteroatoms. The van der Waals surface area contributed by atoms with Gasteiger partial charge >= 0.3 is 0 Å². The van der Waals surface area contributed by atoms with E-state index in [9.17, 15) is 4.79 Å². The predicted octanol–water partition coefficient (Wildman–Crippen LogP) is 5.44. The number of methoxy groups -OCH3 is 2. The van der Waals surface area contributed by atoms with E-state index >= 15 is 0 Å². The highest BCUT2D eigenvalue weighted by Gasteiger charge is 2.10. The minimum absolute atomic E-state index is 0.183. The van der Waals surface area contributed by atoms with Crippen molar-refractivity contribution < 1.29 is 14.3 Å². The monoisotopic (exact) mass is 458 g/mol. The summed E-state index contributed by atoms with van der Waals surface area (Å²) in [7, 11) is 3.14. The molecule has 3 N–H and O–H groups in total. The second-order valence-electron chi connectivity index (χ2n) is 6.46. The van der Waals surface area contributed by atoms with Gasteiger partial charge in [0.05, 0.1) is 42.7 Å². The first-order valence-corrected chi connectivity index (χ1v) is 10.7. The number of hydrogen-bond acceptors (Lipinski definition) is 7. The van der Waals surface area contributed by atoms with Crippen LogP contribution in [0.15, 0.2) is 54.7 Å². The minimum atomic E-state index is -0.183. The topological polar surface area (TPSA) is 84.5 Å². The van der Waals surface area contributed by atoms with E-state index in [1.54, 1.807) is 44.7 Å². The summed E-state index contributed by atoms with van der Waals surface area (Å²) in [5, 5.41) is 6.55. The Bertz CT molecular complexity index is 1050. The molecule has 31 heavy (non-hydrogen) atoms. The van der Waals surface area contributed by atoms with Gasteiger partial charge in [-0.25, -0.2) is 4.98 Å². The molecule has 3 aromatic rings. The molecule has 0 spiro atoms. The maximum atomic E-state index is 12.4. The first-order chi connectivity index (χ1) is 15.0. The Balaban J connectivity index is 1.50. The van der Waals surface area contributed by atoms with Crippen LogP contribution in [0.5, 0.6) is 11.5 Å². The van der Waals surface area contributed by atoms with Crippen LogP contribution in [0.25, 0.3) is 0 Å². The maximum Gasteiger partial charge on any atom is 0.257 e. The zero-order valence-electron chi connectivity index (χ0n) is 17.4. The molecule has 0 aliphatic carbocycles. The maximum absolute atomic E-state index is 12.4. The van der Waals surface area contributed by atoms with Crippen LogP contribution in [-0.2, 0) is 0 Å². The number of hydrogen-bond donors (Lipinski definition) is 3. The third kappa shape index (κ3) is 5.96. The van der Waals surface area contributed by atoms with E-state index in [-0.39, 0.29) is 5.91 Å². The highest BCUT2D eigenvalue weighted by molar-refractivity contribution is 8.00. The standard InChI is InChI=1S/C22H23ClN4O3S/c1-14-6-4-5-7-16(14)22(28)26-21-9-8-15(12-24-21)27-31-13-25-18-10-17(23)19(29-2)11-20(18)30-3/h4-12,25,27H,13H2,1-3H3,(H,24,26,28). The van der Waals surface area contributed by atoms with Crippen LogP contribution in [0.2, 0.25) is 5.02 Å². The Labute approximate surface area is 190 Å². The van der Waals surface area contributed by atoms with Gasteiger partial charge in [-0.15, -0.1) is 0 Å². The lowest BCUT2D eigenvalue weighted by molar-refractivity contribution is 0.102. The van der Waals surface area contributed by atoms with E-state index in [1.807, 2.05) is 31.2 Å². The first-order valence-electron chi connectivity index (χ1n) is 9.38. The van der Waals surface area contributed by atoms with Gasteiger partial charge in [-0.3, -0.25) is 4.79 Å². The summed E-state index contributed by atoms with van der Waals surface area (Å²) in [5.74, 6) is 2.04. The molecule has 0 saturated carbocycles. The average molecular weight is 459 g/mol. The van der Waals surface area contributed by atoms with Crippen molar-refractivity contribution in [1.82, 2.24) is 4.98 Å². The number of aryl methyl sites for hydroxylation is 1. The summed E-state index contributed by atoms with van der Waals surface area (Å²) in [4.78, 5) is 16.7. The first kappa shape index (κ1) is 22.6. The number of benzene rings is 2. The number of ether oxygens (including phenoxy) is 2. The Morgan fingerprint density at radius 1 is 1.10 bits per heavy atom.